The van der Waals surface area contributed by atoms with Gasteiger partial charge in [-0.3, -0.25) is 24.1 Å². The zero-order valence-electron chi connectivity index (χ0n) is 23.7. The number of amides is 2. The largest absolute Gasteiger partial charge is 0.416 e. The van der Waals surface area contributed by atoms with Crippen LogP contribution in [0.3, 0.4) is 0 Å². The van der Waals surface area contributed by atoms with Gasteiger partial charge >= 0.3 is 6.18 Å². The summed E-state index contributed by atoms with van der Waals surface area (Å²) >= 11 is 0. The van der Waals surface area contributed by atoms with Crippen molar-refractivity contribution in [3.05, 3.63) is 126 Å². The lowest BCUT2D eigenvalue weighted by Gasteiger charge is -2.12. The normalized spacial score (nSPS) is 11.3. The molecule has 232 valence electrons. The second-order valence-electron chi connectivity index (χ2n) is 9.58. The van der Waals surface area contributed by atoms with Crippen molar-refractivity contribution in [1.82, 2.24) is 15.3 Å². The molecule has 9 nitrogen and oxygen atoms in total. The molecule has 3 aromatic carbocycles. The highest BCUT2D eigenvalue weighted by molar-refractivity contribution is 7.85. The molecule has 2 amide bonds. The van der Waals surface area contributed by atoms with Gasteiger partial charge < -0.3 is 10.6 Å². The first-order valence-electron chi connectivity index (χ1n) is 13.4. The molecular weight excluding hydrogens is 609 g/mol. The molecule has 5 rings (SSSR count). The Morgan fingerprint density at radius 3 is 2.20 bits per heavy atom. The zero-order valence-corrected chi connectivity index (χ0v) is 24.6. The van der Waals surface area contributed by atoms with Gasteiger partial charge in [-0.15, -0.1) is 0 Å². The molecule has 0 aliphatic rings. The van der Waals surface area contributed by atoms with E-state index in [0.29, 0.717) is 38.8 Å². The standard InChI is InChI=1S/C30H21F3N4O2.C2H6O3S/c31-30(32,33)22-11-8-19(9-12-22)25-6-1-2-7-26(25)29(39)37-23-13-10-20-15-21(17-35-27(20)16-23)28(38)36-18-24-5-3-4-14-34-24;1-2-6(3,4)5/h1-17H,18H2,(H,36,38)(H,37,39);2H2,1H3,(H,3,4,5). The Bertz CT molecular complexity index is 1920. The lowest BCUT2D eigenvalue weighted by Crippen LogP contribution is -2.23. The molecular formula is C32H27F3N4O5S. The van der Waals surface area contributed by atoms with Gasteiger partial charge in [0.15, 0.2) is 0 Å². The van der Waals surface area contributed by atoms with Crippen LogP contribution in [-0.2, 0) is 22.8 Å². The van der Waals surface area contributed by atoms with Gasteiger partial charge in [0.05, 0.1) is 34.6 Å². The molecule has 45 heavy (non-hydrogen) atoms. The highest BCUT2D eigenvalue weighted by Gasteiger charge is 2.30. The van der Waals surface area contributed by atoms with Crippen LogP contribution in [0, 0.1) is 0 Å². The van der Waals surface area contributed by atoms with Gasteiger partial charge in [-0.25, -0.2) is 0 Å². The maximum Gasteiger partial charge on any atom is 0.416 e. The van der Waals surface area contributed by atoms with Gasteiger partial charge in [0.25, 0.3) is 21.9 Å². The van der Waals surface area contributed by atoms with Crippen molar-refractivity contribution >= 4 is 38.5 Å². The van der Waals surface area contributed by atoms with Crippen LogP contribution in [-0.4, -0.2) is 40.5 Å². The van der Waals surface area contributed by atoms with E-state index in [1.165, 1.54) is 25.3 Å². The molecule has 2 heterocycles. The van der Waals surface area contributed by atoms with E-state index in [1.54, 1.807) is 60.8 Å². The SMILES string of the molecule is CCS(=O)(=O)O.O=C(NCc1ccccn1)c1cnc2cc(NC(=O)c3ccccc3-c3ccc(C(F)(F)F)cc3)ccc2c1. The van der Waals surface area contributed by atoms with E-state index in [1.807, 2.05) is 12.1 Å². The minimum absolute atomic E-state index is 0.201. The number of alkyl halides is 3. The van der Waals surface area contributed by atoms with Crippen LogP contribution in [0.25, 0.3) is 22.0 Å². The number of carbonyl (C=O) groups is 2. The Morgan fingerprint density at radius 2 is 1.56 bits per heavy atom. The molecule has 0 bridgehead atoms. The average Bonchev–Trinajstić information content (AvgIpc) is 3.03. The molecule has 13 heteroatoms. The first kappa shape index (κ1) is 32.8. The van der Waals surface area contributed by atoms with Crippen LogP contribution in [0.1, 0.15) is 38.9 Å². The smallest absolute Gasteiger partial charge is 0.346 e. The number of hydrogen-bond acceptors (Lipinski definition) is 6. The predicted molar refractivity (Wildman–Crippen MR) is 164 cm³/mol. The van der Waals surface area contributed by atoms with E-state index < -0.39 is 27.8 Å². The lowest BCUT2D eigenvalue weighted by molar-refractivity contribution is -0.137. The Morgan fingerprint density at radius 1 is 0.867 bits per heavy atom. The van der Waals surface area contributed by atoms with Crippen LogP contribution in [0.2, 0.25) is 0 Å². The van der Waals surface area contributed by atoms with E-state index in [-0.39, 0.29) is 18.2 Å². The fourth-order valence-corrected chi connectivity index (χ4v) is 4.07. The number of nitrogens with zero attached hydrogens (tertiary/aromatic N) is 2. The molecule has 0 spiro atoms. The third-order valence-electron chi connectivity index (χ3n) is 6.42. The molecule has 0 radical (unpaired) electrons. The second-order valence-corrected chi connectivity index (χ2v) is 11.3. The van der Waals surface area contributed by atoms with Crippen molar-refractivity contribution in [2.24, 2.45) is 0 Å². The third-order valence-corrected chi connectivity index (χ3v) is 7.15. The Hall–Kier alpha value is -5.14. The van der Waals surface area contributed by atoms with E-state index in [9.17, 15) is 31.2 Å². The summed E-state index contributed by atoms with van der Waals surface area (Å²) in [5, 5.41) is 6.35. The highest BCUT2D eigenvalue weighted by atomic mass is 32.2. The molecule has 0 aliphatic heterocycles. The number of pyridine rings is 2. The minimum atomic E-state index is -4.44. The van der Waals surface area contributed by atoms with Crippen LogP contribution >= 0.6 is 0 Å². The van der Waals surface area contributed by atoms with Crippen LogP contribution in [0.15, 0.2) is 103 Å². The summed E-state index contributed by atoms with van der Waals surface area (Å²) in [7, 11) is -3.66. The first-order valence-corrected chi connectivity index (χ1v) is 15.1. The maximum atomic E-state index is 13.1. The summed E-state index contributed by atoms with van der Waals surface area (Å²) in [6.45, 7) is 1.66. The van der Waals surface area contributed by atoms with Crippen molar-refractivity contribution in [2.75, 3.05) is 11.1 Å². The fraction of sp³-hybridized carbons (Fsp3) is 0.125. The summed E-state index contributed by atoms with van der Waals surface area (Å²) < 4.78 is 65.8. The number of benzene rings is 3. The number of aromatic nitrogens is 2. The molecule has 0 atom stereocenters. The first-order chi connectivity index (χ1) is 21.3. The molecule has 3 N–H and O–H groups in total. The molecule has 0 aliphatic carbocycles. The van der Waals surface area contributed by atoms with Crippen LogP contribution in [0.5, 0.6) is 0 Å². The number of anilines is 1. The van der Waals surface area contributed by atoms with Crippen molar-refractivity contribution in [1.29, 1.82) is 0 Å². The number of carbonyl (C=O) groups excluding carboxylic acids is 2. The zero-order chi connectivity index (χ0) is 32.6. The number of hydrogen-bond donors (Lipinski definition) is 3. The monoisotopic (exact) mass is 636 g/mol. The van der Waals surface area contributed by atoms with E-state index in [4.69, 9.17) is 4.55 Å². The van der Waals surface area contributed by atoms with E-state index in [0.717, 1.165) is 17.8 Å². The molecule has 0 fully saturated rings. The summed E-state index contributed by atoms with van der Waals surface area (Å²) in [6, 6.07) is 23.7. The topological polar surface area (TPSA) is 138 Å². The summed E-state index contributed by atoms with van der Waals surface area (Å²) in [6.07, 6.45) is -1.33. The molecule has 0 unspecified atom stereocenters. The van der Waals surface area contributed by atoms with Gasteiger partial charge in [0.2, 0.25) is 0 Å². The van der Waals surface area contributed by atoms with Crippen LogP contribution < -0.4 is 10.6 Å². The van der Waals surface area contributed by atoms with E-state index in [2.05, 4.69) is 20.6 Å². The van der Waals surface area contributed by atoms with Crippen molar-refractivity contribution in [3.63, 3.8) is 0 Å². The van der Waals surface area contributed by atoms with Crippen molar-refractivity contribution < 1.29 is 35.7 Å². The molecule has 0 saturated heterocycles. The van der Waals surface area contributed by atoms with Crippen molar-refractivity contribution in [2.45, 2.75) is 19.6 Å². The second kappa shape index (κ2) is 14.1. The quantitative estimate of drug-likeness (QED) is 0.176. The van der Waals surface area contributed by atoms with Crippen molar-refractivity contribution in [3.8, 4) is 11.1 Å². The third kappa shape index (κ3) is 9.17. The summed E-state index contributed by atoms with van der Waals surface area (Å²) in [5.41, 5.74) is 2.72. The van der Waals surface area contributed by atoms with Gasteiger partial charge in [0, 0.05) is 29.0 Å². The van der Waals surface area contributed by atoms with E-state index >= 15 is 0 Å². The molecule has 5 aromatic rings. The summed E-state index contributed by atoms with van der Waals surface area (Å²) in [5.74, 6) is -0.907. The molecule has 2 aromatic heterocycles. The van der Waals surface area contributed by atoms with Gasteiger partial charge in [0.1, 0.15) is 0 Å². The average molecular weight is 637 g/mol. The summed E-state index contributed by atoms with van der Waals surface area (Å²) in [4.78, 5) is 34.2. The number of fused-ring (bicyclic) bond motifs is 1. The lowest BCUT2D eigenvalue weighted by atomic mass is 9.98. The fourth-order valence-electron chi connectivity index (χ4n) is 4.07. The van der Waals surface area contributed by atoms with Gasteiger partial charge in [-0.1, -0.05) is 42.5 Å². The van der Waals surface area contributed by atoms with Gasteiger partial charge in [-0.05, 0) is 66.6 Å². The van der Waals surface area contributed by atoms with Gasteiger partial charge in [-0.2, -0.15) is 21.6 Å². The maximum absolute atomic E-state index is 13.1. The Kier molecular flexibility index (Phi) is 10.3. The number of rotatable bonds is 7. The molecule has 0 saturated carbocycles. The Labute approximate surface area is 256 Å². The minimum Gasteiger partial charge on any atom is -0.346 e. The Balaban J connectivity index is 0.000000700. The number of nitrogens with one attached hydrogen (secondary N) is 2. The number of halogens is 3. The highest BCUT2D eigenvalue weighted by Crippen LogP contribution is 2.32. The van der Waals surface area contributed by atoms with Crippen LogP contribution in [0.4, 0.5) is 18.9 Å². The predicted octanol–water partition coefficient (Wildman–Crippen LogP) is 6.39.